The van der Waals surface area contributed by atoms with Crippen LogP contribution < -0.4 is 4.74 Å². The SMILES string of the molecule is C=CCOc1ccc(/C(O)=C2\C(=O)C(=O)N(Cc3cccnc3)[C@H]2c2ccccc2F)cc1. The van der Waals surface area contributed by atoms with Crippen molar-refractivity contribution in [2.45, 2.75) is 12.6 Å². The standard InChI is InChI=1S/C26H21FN2O4/c1-2-14-33-19-11-9-18(10-12-19)24(30)22-23(20-7-3-4-8-21(20)27)29(26(32)25(22)31)16-17-6-5-13-28-15-17/h2-13,15,23,30H,1,14,16H2/b24-22+/t23-/m0/s1. The number of halogens is 1. The topological polar surface area (TPSA) is 79.7 Å². The monoisotopic (exact) mass is 444 g/mol. The predicted molar refractivity (Wildman–Crippen MR) is 121 cm³/mol. The number of nitrogens with zero attached hydrogens (tertiary/aromatic N) is 2. The van der Waals surface area contributed by atoms with Gasteiger partial charge in [0, 0.05) is 30.1 Å². The number of aliphatic hydroxyl groups is 1. The quantitative estimate of drug-likeness (QED) is 0.253. The molecule has 1 saturated heterocycles. The van der Waals surface area contributed by atoms with E-state index in [0.717, 1.165) is 0 Å². The molecule has 1 aliphatic rings. The van der Waals surface area contributed by atoms with E-state index in [0.29, 0.717) is 23.5 Å². The number of Topliss-reactive ketones (excluding diaryl/α,β-unsaturated/α-hetero) is 1. The summed E-state index contributed by atoms with van der Waals surface area (Å²) in [5.41, 5.74) is 0.924. The molecule has 1 aromatic heterocycles. The van der Waals surface area contributed by atoms with Gasteiger partial charge in [-0.3, -0.25) is 14.6 Å². The minimum atomic E-state index is -1.09. The molecule has 0 bridgehead atoms. The first-order chi connectivity index (χ1) is 16.0. The zero-order valence-electron chi connectivity index (χ0n) is 17.6. The molecule has 0 spiro atoms. The molecule has 166 valence electrons. The van der Waals surface area contributed by atoms with Crippen molar-refractivity contribution in [3.63, 3.8) is 0 Å². The Balaban J connectivity index is 1.81. The Morgan fingerprint density at radius 1 is 1.12 bits per heavy atom. The molecule has 0 radical (unpaired) electrons. The second-order valence-corrected chi connectivity index (χ2v) is 7.43. The van der Waals surface area contributed by atoms with Gasteiger partial charge in [-0.05, 0) is 42.0 Å². The Kier molecular flexibility index (Phi) is 6.31. The Bertz CT molecular complexity index is 1220. The Hall–Kier alpha value is -4.26. The Labute approximate surface area is 190 Å². The lowest BCUT2D eigenvalue weighted by atomic mass is 9.94. The number of rotatable bonds is 7. The fraction of sp³-hybridized carbons (Fsp3) is 0.115. The molecule has 3 aromatic rings. The highest BCUT2D eigenvalue weighted by molar-refractivity contribution is 6.46. The molecule has 1 aliphatic heterocycles. The van der Waals surface area contributed by atoms with Crippen LogP contribution in [0.2, 0.25) is 0 Å². The summed E-state index contributed by atoms with van der Waals surface area (Å²) in [6, 6.07) is 14.7. The maximum atomic E-state index is 14.8. The maximum Gasteiger partial charge on any atom is 0.295 e. The van der Waals surface area contributed by atoms with Crippen LogP contribution >= 0.6 is 0 Å². The van der Waals surface area contributed by atoms with Crippen LogP contribution in [-0.4, -0.2) is 33.3 Å². The number of carbonyl (C=O) groups is 2. The zero-order valence-corrected chi connectivity index (χ0v) is 17.6. The van der Waals surface area contributed by atoms with Gasteiger partial charge in [-0.2, -0.15) is 0 Å². The molecule has 4 rings (SSSR count). The van der Waals surface area contributed by atoms with E-state index in [-0.39, 0.29) is 23.4 Å². The highest BCUT2D eigenvalue weighted by Crippen LogP contribution is 2.41. The van der Waals surface area contributed by atoms with Crippen LogP contribution in [-0.2, 0) is 16.1 Å². The molecule has 1 fully saturated rings. The van der Waals surface area contributed by atoms with Crippen molar-refractivity contribution in [3.8, 4) is 5.75 Å². The van der Waals surface area contributed by atoms with Crippen LogP contribution in [0.1, 0.15) is 22.7 Å². The van der Waals surface area contributed by atoms with Gasteiger partial charge >= 0.3 is 0 Å². The molecule has 0 aliphatic carbocycles. The first-order valence-electron chi connectivity index (χ1n) is 10.3. The normalized spacial score (nSPS) is 17.2. The molecular formula is C26H21FN2O4. The summed E-state index contributed by atoms with van der Waals surface area (Å²) < 4.78 is 20.3. The van der Waals surface area contributed by atoms with Crippen LogP contribution in [0.15, 0.2) is 91.3 Å². The number of aliphatic hydroxyl groups excluding tert-OH is 1. The molecule has 0 unspecified atom stereocenters. The van der Waals surface area contributed by atoms with Crippen molar-refractivity contribution >= 4 is 17.4 Å². The fourth-order valence-corrected chi connectivity index (χ4v) is 3.77. The van der Waals surface area contributed by atoms with Gasteiger partial charge in [0.05, 0.1) is 11.6 Å². The number of amides is 1. The van der Waals surface area contributed by atoms with Gasteiger partial charge in [-0.15, -0.1) is 0 Å². The molecule has 33 heavy (non-hydrogen) atoms. The van der Waals surface area contributed by atoms with E-state index in [4.69, 9.17) is 4.74 Å². The Morgan fingerprint density at radius 2 is 1.88 bits per heavy atom. The third kappa shape index (κ3) is 4.39. The summed E-state index contributed by atoms with van der Waals surface area (Å²) in [5, 5.41) is 11.1. The van der Waals surface area contributed by atoms with Crippen molar-refractivity contribution in [3.05, 3.63) is 114 Å². The minimum absolute atomic E-state index is 0.0303. The van der Waals surface area contributed by atoms with E-state index in [1.165, 1.54) is 23.1 Å². The number of hydrogen-bond acceptors (Lipinski definition) is 5. The maximum absolute atomic E-state index is 14.8. The molecule has 6 nitrogen and oxygen atoms in total. The first-order valence-corrected chi connectivity index (χ1v) is 10.3. The number of aromatic nitrogens is 1. The summed E-state index contributed by atoms with van der Waals surface area (Å²) in [7, 11) is 0. The lowest BCUT2D eigenvalue weighted by molar-refractivity contribution is -0.140. The van der Waals surface area contributed by atoms with E-state index >= 15 is 0 Å². The number of likely N-dealkylation sites (tertiary alicyclic amines) is 1. The number of benzene rings is 2. The van der Waals surface area contributed by atoms with Gasteiger partial charge < -0.3 is 14.7 Å². The number of pyridine rings is 1. The summed E-state index contributed by atoms with van der Waals surface area (Å²) in [5.74, 6) is -2.12. The predicted octanol–water partition coefficient (Wildman–Crippen LogP) is 4.41. The lowest BCUT2D eigenvalue weighted by Gasteiger charge is -2.25. The minimum Gasteiger partial charge on any atom is -0.507 e. The van der Waals surface area contributed by atoms with Gasteiger partial charge in [-0.25, -0.2) is 4.39 Å². The van der Waals surface area contributed by atoms with E-state index in [1.54, 1.807) is 60.9 Å². The van der Waals surface area contributed by atoms with Crippen molar-refractivity contribution in [2.75, 3.05) is 6.61 Å². The largest absolute Gasteiger partial charge is 0.507 e. The van der Waals surface area contributed by atoms with Crippen LogP contribution in [0.3, 0.4) is 0 Å². The second kappa shape index (κ2) is 9.48. The fourth-order valence-electron chi connectivity index (χ4n) is 3.77. The van der Waals surface area contributed by atoms with Gasteiger partial charge in [0.1, 0.15) is 23.9 Å². The van der Waals surface area contributed by atoms with Crippen molar-refractivity contribution in [1.29, 1.82) is 0 Å². The van der Waals surface area contributed by atoms with Gasteiger partial charge in [0.25, 0.3) is 11.7 Å². The van der Waals surface area contributed by atoms with Crippen molar-refractivity contribution < 1.29 is 23.8 Å². The first kappa shape index (κ1) is 22.0. The number of carbonyl (C=O) groups excluding carboxylic acids is 2. The number of hydrogen-bond donors (Lipinski definition) is 1. The third-order valence-corrected chi connectivity index (χ3v) is 5.31. The molecule has 2 aromatic carbocycles. The second-order valence-electron chi connectivity index (χ2n) is 7.43. The number of ether oxygens (including phenoxy) is 1. The van der Waals surface area contributed by atoms with E-state index < -0.39 is 23.5 Å². The van der Waals surface area contributed by atoms with Crippen LogP contribution in [0.25, 0.3) is 5.76 Å². The third-order valence-electron chi connectivity index (χ3n) is 5.31. The zero-order chi connectivity index (χ0) is 23.4. The summed E-state index contributed by atoms with van der Waals surface area (Å²) in [6.45, 7) is 3.94. The average Bonchev–Trinajstić information content (AvgIpc) is 3.08. The molecule has 0 saturated carbocycles. The number of ketones is 1. The summed E-state index contributed by atoms with van der Waals surface area (Å²) >= 11 is 0. The Morgan fingerprint density at radius 3 is 2.55 bits per heavy atom. The smallest absolute Gasteiger partial charge is 0.295 e. The highest BCUT2D eigenvalue weighted by atomic mass is 19.1. The van der Waals surface area contributed by atoms with Crippen LogP contribution in [0.5, 0.6) is 5.75 Å². The van der Waals surface area contributed by atoms with Crippen LogP contribution in [0, 0.1) is 5.82 Å². The summed E-state index contributed by atoms with van der Waals surface area (Å²) in [6.07, 6.45) is 4.76. The molecule has 7 heteroatoms. The van der Waals surface area contributed by atoms with E-state index in [1.807, 2.05) is 0 Å². The highest BCUT2D eigenvalue weighted by Gasteiger charge is 2.46. The molecule has 1 amide bonds. The van der Waals surface area contributed by atoms with E-state index in [9.17, 15) is 19.1 Å². The molecule has 1 atom stereocenters. The lowest BCUT2D eigenvalue weighted by Crippen LogP contribution is -2.29. The van der Waals surface area contributed by atoms with Crippen LogP contribution in [0.4, 0.5) is 4.39 Å². The van der Waals surface area contributed by atoms with Crippen molar-refractivity contribution in [1.82, 2.24) is 9.88 Å². The molecular weight excluding hydrogens is 423 g/mol. The average molecular weight is 444 g/mol. The van der Waals surface area contributed by atoms with Gasteiger partial charge in [0.15, 0.2) is 0 Å². The van der Waals surface area contributed by atoms with Crippen molar-refractivity contribution in [2.24, 2.45) is 0 Å². The van der Waals surface area contributed by atoms with Gasteiger partial charge in [-0.1, -0.05) is 36.9 Å². The van der Waals surface area contributed by atoms with Gasteiger partial charge in [0.2, 0.25) is 0 Å². The molecule has 1 N–H and O–H groups in total. The van der Waals surface area contributed by atoms with E-state index in [2.05, 4.69) is 11.6 Å². The molecule has 2 heterocycles. The summed E-state index contributed by atoms with van der Waals surface area (Å²) in [4.78, 5) is 31.3.